The van der Waals surface area contributed by atoms with Crippen molar-refractivity contribution in [3.8, 4) is 17.2 Å². The van der Waals surface area contributed by atoms with Crippen LogP contribution in [0.1, 0.15) is 46.8 Å². The number of methoxy groups -OCH3 is 1. The van der Waals surface area contributed by atoms with E-state index in [4.69, 9.17) is 21.3 Å². The van der Waals surface area contributed by atoms with E-state index in [0.717, 1.165) is 46.3 Å². The molecule has 36 heavy (non-hydrogen) atoms. The number of halogens is 1. The van der Waals surface area contributed by atoms with E-state index in [2.05, 4.69) is 6.07 Å². The summed E-state index contributed by atoms with van der Waals surface area (Å²) in [7, 11) is 1.28. The molecule has 0 bridgehead atoms. The van der Waals surface area contributed by atoms with Gasteiger partial charge < -0.3 is 4.74 Å². The SMILES string of the molecule is COC(=O)c1ccc(N2C(=O)C[C@@H](Sc3nc(C4CC4)cc(-c4ccc(Cl)cc4)c3C#N)C2=O)cc1. The molecule has 1 saturated carbocycles. The number of hydrogen-bond donors (Lipinski definition) is 0. The fourth-order valence-electron chi connectivity index (χ4n) is 4.15. The summed E-state index contributed by atoms with van der Waals surface area (Å²) in [5.74, 6) is -0.908. The van der Waals surface area contributed by atoms with Gasteiger partial charge in [-0.1, -0.05) is 35.5 Å². The first-order valence-electron chi connectivity index (χ1n) is 11.3. The summed E-state index contributed by atoms with van der Waals surface area (Å²) in [6.07, 6.45) is 2.04. The van der Waals surface area contributed by atoms with Gasteiger partial charge in [0.15, 0.2) is 0 Å². The van der Waals surface area contributed by atoms with Gasteiger partial charge in [-0.3, -0.25) is 9.59 Å². The van der Waals surface area contributed by atoms with Crippen molar-refractivity contribution in [2.45, 2.75) is 35.5 Å². The predicted molar refractivity (Wildman–Crippen MR) is 136 cm³/mol. The monoisotopic (exact) mass is 517 g/mol. The number of rotatable bonds is 6. The third-order valence-electron chi connectivity index (χ3n) is 6.17. The lowest BCUT2D eigenvalue weighted by Gasteiger charge is -2.16. The van der Waals surface area contributed by atoms with Crippen molar-refractivity contribution in [1.29, 1.82) is 5.26 Å². The summed E-state index contributed by atoms with van der Waals surface area (Å²) >= 11 is 7.21. The molecule has 5 rings (SSSR count). The summed E-state index contributed by atoms with van der Waals surface area (Å²) in [5.41, 5.74) is 3.52. The Balaban J connectivity index is 1.46. The van der Waals surface area contributed by atoms with Crippen LogP contribution in [0.5, 0.6) is 0 Å². The highest BCUT2D eigenvalue weighted by molar-refractivity contribution is 8.00. The van der Waals surface area contributed by atoms with E-state index >= 15 is 0 Å². The van der Waals surface area contributed by atoms with Gasteiger partial charge in [0.2, 0.25) is 11.8 Å². The molecule has 2 aliphatic rings. The van der Waals surface area contributed by atoms with Crippen molar-refractivity contribution in [3.05, 3.63) is 76.4 Å². The van der Waals surface area contributed by atoms with Crippen molar-refractivity contribution in [2.24, 2.45) is 0 Å². The number of carbonyl (C=O) groups is 3. The average Bonchev–Trinajstić information content (AvgIpc) is 3.70. The maximum absolute atomic E-state index is 13.3. The molecule has 9 heteroatoms. The summed E-state index contributed by atoms with van der Waals surface area (Å²) in [6, 6.07) is 17.6. The average molecular weight is 518 g/mol. The molecule has 2 amide bonds. The van der Waals surface area contributed by atoms with E-state index in [1.54, 1.807) is 24.3 Å². The molecule has 180 valence electrons. The highest BCUT2D eigenvalue weighted by atomic mass is 35.5. The van der Waals surface area contributed by atoms with Gasteiger partial charge in [-0.25, -0.2) is 14.7 Å². The number of benzene rings is 2. The normalized spacial score (nSPS) is 17.2. The third-order valence-corrected chi connectivity index (χ3v) is 7.60. The van der Waals surface area contributed by atoms with Gasteiger partial charge in [0.05, 0.1) is 29.2 Å². The van der Waals surface area contributed by atoms with Gasteiger partial charge >= 0.3 is 5.97 Å². The number of imide groups is 1. The van der Waals surface area contributed by atoms with Crippen LogP contribution in [0, 0.1) is 11.3 Å². The maximum atomic E-state index is 13.3. The molecule has 2 heterocycles. The van der Waals surface area contributed by atoms with Gasteiger partial charge in [-0.2, -0.15) is 5.26 Å². The van der Waals surface area contributed by atoms with E-state index in [0.29, 0.717) is 32.8 Å². The number of esters is 1. The Kier molecular flexibility index (Phi) is 6.52. The minimum Gasteiger partial charge on any atom is -0.465 e. The maximum Gasteiger partial charge on any atom is 0.337 e. The van der Waals surface area contributed by atoms with Crippen LogP contribution < -0.4 is 4.90 Å². The number of ether oxygens (including phenoxy) is 1. The van der Waals surface area contributed by atoms with E-state index in [1.165, 1.54) is 19.2 Å². The molecule has 0 unspecified atom stereocenters. The van der Waals surface area contributed by atoms with Crippen molar-refractivity contribution in [2.75, 3.05) is 12.0 Å². The Morgan fingerprint density at radius 3 is 2.44 bits per heavy atom. The van der Waals surface area contributed by atoms with Crippen molar-refractivity contribution in [1.82, 2.24) is 4.98 Å². The first-order chi connectivity index (χ1) is 17.4. The van der Waals surface area contributed by atoms with Crippen LogP contribution in [-0.2, 0) is 14.3 Å². The number of aromatic nitrogens is 1. The largest absolute Gasteiger partial charge is 0.465 e. The van der Waals surface area contributed by atoms with Crippen molar-refractivity contribution in [3.63, 3.8) is 0 Å². The number of hydrogen-bond acceptors (Lipinski definition) is 7. The van der Waals surface area contributed by atoms with Crippen LogP contribution in [0.4, 0.5) is 5.69 Å². The lowest BCUT2D eigenvalue weighted by atomic mass is 10.0. The van der Waals surface area contributed by atoms with Crippen LogP contribution in [0.25, 0.3) is 11.1 Å². The van der Waals surface area contributed by atoms with Crippen LogP contribution in [0.2, 0.25) is 5.02 Å². The molecular formula is C27H20ClN3O4S. The first kappa shape index (κ1) is 24.0. The highest BCUT2D eigenvalue weighted by Crippen LogP contribution is 2.44. The minimum atomic E-state index is -0.718. The molecule has 2 fully saturated rings. The summed E-state index contributed by atoms with van der Waals surface area (Å²) in [6.45, 7) is 0. The number of thioether (sulfide) groups is 1. The molecule has 7 nitrogen and oxygen atoms in total. The Morgan fingerprint density at radius 1 is 1.14 bits per heavy atom. The van der Waals surface area contributed by atoms with Gasteiger partial charge in [-0.05, 0) is 60.9 Å². The van der Waals surface area contributed by atoms with Gasteiger partial charge in [0.1, 0.15) is 11.1 Å². The fraction of sp³-hybridized carbons (Fsp3) is 0.222. The number of carbonyl (C=O) groups excluding carboxylic acids is 3. The Bertz CT molecular complexity index is 1410. The lowest BCUT2D eigenvalue weighted by Crippen LogP contribution is -2.31. The zero-order valence-electron chi connectivity index (χ0n) is 19.2. The Hall–Kier alpha value is -3.67. The summed E-state index contributed by atoms with van der Waals surface area (Å²) in [4.78, 5) is 43.7. The third kappa shape index (κ3) is 4.60. The van der Waals surface area contributed by atoms with Crippen LogP contribution in [0.3, 0.4) is 0 Å². The quantitative estimate of drug-likeness (QED) is 0.320. The molecule has 1 aliphatic heterocycles. The van der Waals surface area contributed by atoms with E-state index in [9.17, 15) is 19.6 Å². The van der Waals surface area contributed by atoms with E-state index < -0.39 is 11.2 Å². The smallest absolute Gasteiger partial charge is 0.337 e. The Labute approximate surface area is 217 Å². The number of amides is 2. The van der Waals surface area contributed by atoms with Crippen LogP contribution in [-0.4, -0.2) is 35.1 Å². The fourth-order valence-corrected chi connectivity index (χ4v) is 5.41. The molecule has 2 aromatic carbocycles. The molecule has 1 aliphatic carbocycles. The molecule has 3 aromatic rings. The first-order valence-corrected chi connectivity index (χ1v) is 12.6. The lowest BCUT2D eigenvalue weighted by molar-refractivity contribution is -0.121. The molecule has 1 atom stereocenters. The molecule has 0 N–H and O–H groups in total. The number of anilines is 1. The highest BCUT2D eigenvalue weighted by Gasteiger charge is 2.41. The van der Waals surface area contributed by atoms with Gasteiger partial charge in [0, 0.05) is 28.6 Å². The minimum absolute atomic E-state index is 0.0151. The molecule has 1 saturated heterocycles. The molecule has 1 aromatic heterocycles. The predicted octanol–water partition coefficient (Wildman–Crippen LogP) is 5.36. The van der Waals surface area contributed by atoms with Crippen LogP contribution in [0.15, 0.2) is 59.6 Å². The van der Waals surface area contributed by atoms with Crippen molar-refractivity contribution < 1.29 is 19.1 Å². The van der Waals surface area contributed by atoms with Crippen LogP contribution >= 0.6 is 23.4 Å². The topological polar surface area (TPSA) is 100 Å². The molecular weight excluding hydrogens is 498 g/mol. The second kappa shape index (κ2) is 9.76. The molecule has 0 radical (unpaired) electrons. The Morgan fingerprint density at radius 2 is 1.83 bits per heavy atom. The number of pyridine rings is 1. The van der Waals surface area contributed by atoms with Crippen molar-refractivity contribution >= 4 is 46.8 Å². The zero-order chi connectivity index (χ0) is 25.4. The van der Waals surface area contributed by atoms with E-state index in [-0.39, 0.29) is 18.2 Å². The molecule has 0 spiro atoms. The van der Waals surface area contributed by atoms with E-state index in [1.807, 2.05) is 18.2 Å². The number of nitrogens with zero attached hydrogens (tertiary/aromatic N) is 3. The second-order valence-corrected chi connectivity index (χ2v) is 10.2. The van der Waals surface area contributed by atoms with Gasteiger partial charge in [-0.15, -0.1) is 0 Å². The standard InChI is InChI=1S/C27H20ClN3O4S/c1-35-27(34)17-6-10-19(11-7-17)31-24(32)13-23(26(31)33)36-25-21(14-29)20(12-22(30-25)16-2-3-16)15-4-8-18(28)9-5-15/h4-12,16,23H,2-3,13H2,1H3/t23-/m1/s1. The number of nitriles is 1. The second-order valence-electron chi connectivity index (χ2n) is 8.58. The summed E-state index contributed by atoms with van der Waals surface area (Å²) < 4.78 is 4.70. The summed E-state index contributed by atoms with van der Waals surface area (Å²) in [5, 5.41) is 10.4. The van der Waals surface area contributed by atoms with Gasteiger partial charge in [0.25, 0.3) is 0 Å². The zero-order valence-corrected chi connectivity index (χ0v) is 20.8.